The molecule has 9 heteroatoms. The van der Waals surface area contributed by atoms with Crippen molar-refractivity contribution in [3.05, 3.63) is 18.2 Å². The molecule has 0 radical (unpaired) electrons. The smallest absolute Gasteiger partial charge is 0.196 e. The molecule has 1 saturated heterocycles. The SMILES string of the molecule is Nc1ncnn2c([C@@H]3O[C@H](CO)C(O)[C@@H]3O)cnc12. The average molecular weight is 267 g/mol. The lowest BCUT2D eigenvalue weighted by Gasteiger charge is -2.13. The van der Waals surface area contributed by atoms with Gasteiger partial charge in [-0.2, -0.15) is 5.10 Å². The Morgan fingerprint density at radius 3 is 2.79 bits per heavy atom. The minimum Gasteiger partial charge on any atom is -0.394 e. The summed E-state index contributed by atoms with van der Waals surface area (Å²) in [7, 11) is 0. The van der Waals surface area contributed by atoms with E-state index in [4.69, 9.17) is 15.6 Å². The first-order valence-electron chi connectivity index (χ1n) is 5.70. The number of hydrogen-bond donors (Lipinski definition) is 4. The monoisotopic (exact) mass is 267 g/mol. The van der Waals surface area contributed by atoms with Crippen LogP contribution in [0.15, 0.2) is 12.5 Å². The van der Waals surface area contributed by atoms with Crippen molar-refractivity contribution in [2.45, 2.75) is 24.4 Å². The molecule has 1 aliphatic heterocycles. The van der Waals surface area contributed by atoms with E-state index in [1.54, 1.807) is 0 Å². The van der Waals surface area contributed by atoms with E-state index in [1.165, 1.54) is 17.0 Å². The molecular formula is C10H13N5O4. The number of anilines is 1. The lowest BCUT2D eigenvalue weighted by molar-refractivity contribution is -0.0244. The topological polar surface area (TPSA) is 139 Å². The molecule has 0 aromatic carbocycles. The number of nitrogens with two attached hydrogens (primary N) is 1. The molecule has 3 rings (SSSR count). The first-order chi connectivity index (χ1) is 9.13. The van der Waals surface area contributed by atoms with E-state index in [-0.39, 0.29) is 12.4 Å². The van der Waals surface area contributed by atoms with Gasteiger partial charge in [0.15, 0.2) is 11.5 Å². The van der Waals surface area contributed by atoms with Gasteiger partial charge in [0.1, 0.15) is 30.7 Å². The van der Waals surface area contributed by atoms with E-state index in [0.29, 0.717) is 11.3 Å². The second kappa shape index (κ2) is 4.38. The number of aromatic nitrogens is 4. The summed E-state index contributed by atoms with van der Waals surface area (Å²) in [6.07, 6.45) is -1.32. The molecule has 0 saturated carbocycles. The van der Waals surface area contributed by atoms with Gasteiger partial charge in [0, 0.05) is 0 Å². The molecule has 1 unspecified atom stereocenters. The van der Waals surface area contributed by atoms with E-state index < -0.39 is 24.4 Å². The second-order valence-electron chi connectivity index (χ2n) is 4.32. The summed E-state index contributed by atoms with van der Waals surface area (Å²) in [6, 6.07) is 0. The fraction of sp³-hybridized carbons (Fsp3) is 0.500. The zero-order valence-corrected chi connectivity index (χ0v) is 9.79. The van der Waals surface area contributed by atoms with E-state index >= 15 is 0 Å². The summed E-state index contributed by atoms with van der Waals surface area (Å²) >= 11 is 0. The van der Waals surface area contributed by atoms with Crippen LogP contribution in [-0.4, -0.2) is 59.8 Å². The van der Waals surface area contributed by atoms with Gasteiger partial charge in [-0.3, -0.25) is 0 Å². The Morgan fingerprint density at radius 1 is 1.32 bits per heavy atom. The third-order valence-electron chi connectivity index (χ3n) is 3.19. The number of rotatable bonds is 2. The molecule has 2 aromatic heterocycles. The maximum absolute atomic E-state index is 9.96. The highest BCUT2D eigenvalue weighted by Crippen LogP contribution is 2.33. The van der Waals surface area contributed by atoms with Crippen molar-refractivity contribution in [2.24, 2.45) is 0 Å². The quantitative estimate of drug-likeness (QED) is 0.483. The van der Waals surface area contributed by atoms with Crippen LogP contribution < -0.4 is 5.73 Å². The minimum absolute atomic E-state index is 0.202. The summed E-state index contributed by atoms with van der Waals surface area (Å²) in [5, 5.41) is 32.7. The van der Waals surface area contributed by atoms with Crippen molar-refractivity contribution in [1.82, 2.24) is 19.6 Å². The van der Waals surface area contributed by atoms with Gasteiger partial charge in [-0.25, -0.2) is 14.5 Å². The first kappa shape index (κ1) is 12.2. The molecule has 0 bridgehead atoms. The predicted octanol–water partition coefficient (Wildman–Crippen LogP) is -2.14. The molecule has 2 aromatic rings. The van der Waals surface area contributed by atoms with Gasteiger partial charge in [-0.05, 0) is 0 Å². The normalized spacial score (nSPS) is 31.1. The average Bonchev–Trinajstić information content (AvgIpc) is 2.94. The van der Waals surface area contributed by atoms with Gasteiger partial charge in [0.25, 0.3) is 0 Å². The van der Waals surface area contributed by atoms with Gasteiger partial charge in [-0.1, -0.05) is 0 Å². The number of ether oxygens (including phenoxy) is 1. The van der Waals surface area contributed by atoms with Crippen LogP contribution in [-0.2, 0) is 4.74 Å². The molecule has 19 heavy (non-hydrogen) atoms. The highest BCUT2D eigenvalue weighted by Gasteiger charge is 2.44. The molecule has 0 spiro atoms. The molecule has 5 N–H and O–H groups in total. The lowest BCUT2D eigenvalue weighted by atomic mass is 10.1. The molecule has 102 valence electrons. The summed E-state index contributed by atoms with van der Waals surface area (Å²) in [5.41, 5.74) is 6.44. The van der Waals surface area contributed by atoms with Gasteiger partial charge < -0.3 is 25.8 Å². The number of hydrogen-bond acceptors (Lipinski definition) is 8. The van der Waals surface area contributed by atoms with Crippen molar-refractivity contribution in [1.29, 1.82) is 0 Å². The summed E-state index contributed by atoms with van der Waals surface area (Å²) in [4.78, 5) is 7.85. The van der Waals surface area contributed by atoms with E-state index in [0.717, 1.165) is 0 Å². The van der Waals surface area contributed by atoms with Crippen molar-refractivity contribution in [3.8, 4) is 0 Å². The maximum Gasteiger partial charge on any atom is 0.196 e. The van der Waals surface area contributed by atoms with Crippen molar-refractivity contribution in [3.63, 3.8) is 0 Å². The van der Waals surface area contributed by atoms with Crippen LogP contribution in [0.25, 0.3) is 5.65 Å². The van der Waals surface area contributed by atoms with Gasteiger partial charge in [-0.15, -0.1) is 0 Å². The summed E-state index contributed by atoms with van der Waals surface area (Å²) in [6.45, 7) is -0.386. The van der Waals surface area contributed by atoms with Crippen LogP contribution in [0.3, 0.4) is 0 Å². The van der Waals surface area contributed by atoms with E-state index in [1.807, 2.05) is 0 Å². The molecule has 4 atom stereocenters. The predicted molar refractivity (Wildman–Crippen MR) is 61.9 cm³/mol. The van der Waals surface area contributed by atoms with Crippen LogP contribution in [0.1, 0.15) is 11.8 Å². The third-order valence-corrected chi connectivity index (χ3v) is 3.19. The van der Waals surface area contributed by atoms with Crippen LogP contribution in [0.2, 0.25) is 0 Å². The fourth-order valence-corrected chi connectivity index (χ4v) is 2.19. The van der Waals surface area contributed by atoms with Crippen LogP contribution in [0.4, 0.5) is 5.82 Å². The van der Waals surface area contributed by atoms with Crippen molar-refractivity contribution < 1.29 is 20.1 Å². The molecule has 0 aliphatic carbocycles. The number of aliphatic hydroxyl groups excluding tert-OH is 3. The molecule has 0 amide bonds. The molecule has 1 fully saturated rings. The highest BCUT2D eigenvalue weighted by atomic mass is 16.6. The largest absolute Gasteiger partial charge is 0.394 e. The van der Waals surface area contributed by atoms with Crippen LogP contribution in [0.5, 0.6) is 0 Å². The fourth-order valence-electron chi connectivity index (χ4n) is 2.19. The van der Waals surface area contributed by atoms with Gasteiger partial charge in [0.05, 0.1) is 18.5 Å². The van der Waals surface area contributed by atoms with Crippen LogP contribution >= 0.6 is 0 Å². The van der Waals surface area contributed by atoms with Crippen molar-refractivity contribution in [2.75, 3.05) is 12.3 Å². The lowest BCUT2D eigenvalue weighted by Crippen LogP contribution is -2.32. The molecular weight excluding hydrogens is 254 g/mol. The Morgan fingerprint density at radius 2 is 2.11 bits per heavy atom. The maximum atomic E-state index is 9.96. The second-order valence-corrected chi connectivity index (χ2v) is 4.32. The van der Waals surface area contributed by atoms with E-state index in [9.17, 15) is 10.2 Å². The number of aliphatic hydroxyl groups is 3. The number of nitrogens with zero attached hydrogens (tertiary/aromatic N) is 4. The number of imidazole rings is 1. The zero-order valence-electron chi connectivity index (χ0n) is 9.79. The zero-order chi connectivity index (χ0) is 13.6. The Balaban J connectivity index is 2.04. The molecule has 3 heterocycles. The first-order valence-corrected chi connectivity index (χ1v) is 5.70. The number of fused-ring (bicyclic) bond motifs is 1. The summed E-state index contributed by atoms with van der Waals surface area (Å²) in [5.74, 6) is 0.202. The Hall–Kier alpha value is -1.81. The highest BCUT2D eigenvalue weighted by molar-refractivity contribution is 5.58. The minimum atomic E-state index is -1.17. The van der Waals surface area contributed by atoms with Crippen LogP contribution in [0, 0.1) is 0 Å². The van der Waals surface area contributed by atoms with E-state index in [2.05, 4.69) is 15.1 Å². The Bertz CT molecular complexity index is 603. The Kier molecular flexibility index (Phi) is 2.82. The number of nitrogen functional groups attached to an aromatic ring is 1. The Labute approximate surface area is 107 Å². The van der Waals surface area contributed by atoms with Gasteiger partial charge in [0.2, 0.25) is 0 Å². The molecule has 1 aliphatic rings. The van der Waals surface area contributed by atoms with Crippen molar-refractivity contribution >= 4 is 11.5 Å². The third kappa shape index (κ3) is 1.75. The van der Waals surface area contributed by atoms with Gasteiger partial charge >= 0.3 is 0 Å². The summed E-state index contributed by atoms with van der Waals surface area (Å²) < 4.78 is 6.81. The standard InChI is InChI=1S/C10H13N5O4/c11-9-10-12-1-4(15(10)14-3-13-9)8-7(18)6(17)5(2-16)19-8/h1,3,5-8,16-18H,2H2,(H2,11,13,14)/t5-,6?,7+,8+/m1/s1. The molecule has 9 nitrogen and oxygen atoms in total.